The predicted molar refractivity (Wildman–Crippen MR) is 78.8 cm³/mol. The van der Waals surface area contributed by atoms with E-state index < -0.39 is 10.1 Å². The minimum Gasteiger partial charge on any atom is -0.385 e. The zero-order valence-corrected chi connectivity index (χ0v) is 12.0. The zero-order valence-electron chi connectivity index (χ0n) is 11.2. The van der Waals surface area contributed by atoms with E-state index in [1.165, 1.54) is 0 Å². The third kappa shape index (κ3) is 6.35. The van der Waals surface area contributed by atoms with E-state index in [1.54, 1.807) is 0 Å². The average molecular weight is 298 g/mol. The number of primary amides is 1. The number of fused-ring (bicyclic) bond motifs is 1. The monoisotopic (exact) mass is 298 g/mol. The summed E-state index contributed by atoms with van der Waals surface area (Å²) in [4.78, 5) is 11.2. The molecule has 2 rings (SSSR count). The summed E-state index contributed by atoms with van der Waals surface area (Å²) in [6.07, 6.45) is 4.27. The number of para-hydroxylation sites is 1. The van der Waals surface area contributed by atoms with E-state index in [9.17, 15) is 13.2 Å². The molecule has 0 fully saturated rings. The maximum atomic E-state index is 11.2. The quantitative estimate of drug-likeness (QED) is 0.676. The summed E-state index contributed by atoms with van der Waals surface area (Å²) in [6.45, 7) is 0.877. The average Bonchev–Trinajstić information content (AvgIpc) is 2.27. The van der Waals surface area contributed by atoms with Crippen LogP contribution in [0.4, 0.5) is 5.69 Å². The summed E-state index contributed by atoms with van der Waals surface area (Å²) in [6, 6.07) is 7.93. The number of rotatable bonds is 1. The second-order valence-corrected chi connectivity index (χ2v) is 5.85. The Morgan fingerprint density at radius 2 is 1.95 bits per heavy atom. The smallest absolute Gasteiger partial charge is 0.261 e. The molecule has 0 saturated heterocycles. The molecule has 0 radical (unpaired) electrons. The van der Waals surface area contributed by atoms with Crippen LogP contribution in [0, 0.1) is 0 Å². The third-order valence-corrected chi connectivity index (χ3v) is 2.55. The minimum atomic E-state index is -3.67. The molecular weight excluding hydrogens is 280 g/mol. The highest BCUT2D eigenvalue weighted by molar-refractivity contribution is 7.85. The molecule has 0 spiro atoms. The highest BCUT2D eigenvalue weighted by Gasteiger charge is 2.09. The normalized spacial score (nSPS) is 17.0. The van der Waals surface area contributed by atoms with Gasteiger partial charge in [-0.05, 0) is 30.5 Å². The Kier molecular flexibility index (Phi) is 5.72. The largest absolute Gasteiger partial charge is 0.385 e. The summed E-state index contributed by atoms with van der Waals surface area (Å²) in [5, 5.41) is 3.33. The first-order valence-electron chi connectivity index (χ1n) is 6.03. The van der Waals surface area contributed by atoms with Gasteiger partial charge in [0.25, 0.3) is 10.1 Å². The number of hydrogen-bond acceptors (Lipinski definition) is 4. The molecule has 0 aliphatic carbocycles. The van der Waals surface area contributed by atoms with Gasteiger partial charge in [0.15, 0.2) is 0 Å². The molecule has 1 aliphatic heterocycles. The maximum absolute atomic E-state index is 11.2. The minimum absolute atomic E-state index is 0.313. The van der Waals surface area contributed by atoms with Gasteiger partial charge in [0.1, 0.15) is 0 Å². The van der Waals surface area contributed by atoms with Crippen molar-refractivity contribution in [3.8, 4) is 0 Å². The van der Waals surface area contributed by atoms with Crippen LogP contribution < -0.4 is 11.1 Å². The van der Waals surface area contributed by atoms with Gasteiger partial charge in [-0.15, -0.1) is 0 Å². The van der Waals surface area contributed by atoms with Crippen molar-refractivity contribution in [2.75, 3.05) is 18.1 Å². The molecule has 1 aromatic carbocycles. The number of carbonyl (C=O) groups excluding carboxylic acids is 1. The molecule has 0 atom stereocenters. The predicted octanol–water partition coefficient (Wildman–Crippen LogP) is 1.26. The van der Waals surface area contributed by atoms with Gasteiger partial charge in [0.05, 0.1) is 6.26 Å². The Morgan fingerprint density at radius 3 is 2.55 bits per heavy atom. The molecule has 1 aromatic rings. The Hall–Kier alpha value is -1.86. The fourth-order valence-electron chi connectivity index (χ4n) is 1.74. The second kappa shape index (κ2) is 7.06. The molecule has 1 amide bonds. The van der Waals surface area contributed by atoms with Crippen molar-refractivity contribution in [3.63, 3.8) is 0 Å². The van der Waals surface area contributed by atoms with E-state index in [4.69, 9.17) is 10.3 Å². The lowest BCUT2D eigenvalue weighted by Gasteiger charge is -2.14. The lowest BCUT2D eigenvalue weighted by Crippen LogP contribution is -2.16. The van der Waals surface area contributed by atoms with Gasteiger partial charge in [0, 0.05) is 17.8 Å². The standard InChI is InChI=1S/C12H14N2O.CH4O3S/c13-12(15)10-5-3-7-14-11-6-2-1-4-9(11)8-10;1-5(2,3)4/h1-2,4,6,8,14H,3,5,7H2,(H2,13,15);1H3,(H,2,3,4)/b10-8+;. The maximum Gasteiger partial charge on any atom is 0.261 e. The van der Waals surface area contributed by atoms with E-state index >= 15 is 0 Å². The highest BCUT2D eigenvalue weighted by Crippen LogP contribution is 2.22. The first-order valence-corrected chi connectivity index (χ1v) is 7.88. The number of nitrogens with two attached hydrogens (primary N) is 1. The van der Waals surface area contributed by atoms with Crippen molar-refractivity contribution in [2.45, 2.75) is 12.8 Å². The van der Waals surface area contributed by atoms with Crippen LogP contribution in [0.25, 0.3) is 6.08 Å². The lowest BCUT2D eigenvalue weighted by atomic mass is 10.0. The summed E-state index contributed by atoms with van der Waals surface area (Å²) < 4.78 is 25.9. The van der Waals surface area contributed by atoms with Gasteiger partial charge in [-0.2, -0.15) is 8.42 Å². The van der Waals surface area contributed by atoms with Crippen LogP contribution in [0.15, 0.2) is 29.8 Å². The molecule has 1 aliphatic rings. The Balaban J connectivity index is 0.000000347. The molecule has 0 aromatic heterocycles. The number of nitrogens with one attached hydrogen (secondary N) is 1. The highest BCUT2D eigenvalue weighted by atomic mass is 32.2. The first kappa shape index (κ1) is 16.2. The number of amides is 1. The molecule has 4 N–H and O–H groups in total. The van der Waals surface area contributed by atoms with Gasteiger partial charge in [-0.1, -0.05) is 18.2 Å². The van der Waals surface area contributed by atoms with Gasteiger partial charge in [-0.25, -0.2) is 0 Å². The molecule has 0 saturated carbocycles. The van der Waals surface area contributed by atoms with Gasteiger partial charge in [0.2, 0.25) is 5.91 Å². The van der Waals surface area contributed by atoms with Crippen LogP contribution >= 0.6 is 0 Å². The van der Waals surface area contributed by atoms with E-state index in [2.05, 4.69) is 5.32 Å². The Labute approximate surface area is 118 Å². The van der Waals surface area contributed by atoms with Gasteiger partial charge < -0.3 is 11.1 Å². The third-order valence-electron chi connectivity index (χ3n) is 2.55. The van der Waals surface area contributed by atoms with Crippen molar-refractivity contribution >= 4 is 27.8 Å². The van der Waals surface area contributed by atoms with Crippen LogP contribution in [-0.2, 0) is 14.9 Å². The van der Waals surface area contributed by atoms with Crippen LogP contribution in [0.5, 0.6) is 0 Å². The van der Waals surface area contributed by atoms with Crippen molar-refractivity contribution in [1.29, 1.82) is 0 Å². The molecule has 20 heavy (non-hydrogen) atoms. The molecule has 0 unspecified atom stereocenters. The molecule has 7 heteroatoms. The molecule has 6 nitrogen and oxygen atoms in total. The second-order valence-electron chi connectivity index (χ2n) is 4.38. The number of benzene rings is 1. The molecule has 0 bridgehead atoms. The number of carbonyl (C=O) groups is 1. The van der Waals surface area contributed by atoms with Crippen LogP contribution in [0.3, 0.4) is 0 Å². The Morgan fingerprint density at radius 1 is 1.35 bits per heavy atom. The first-order chi connectivity index (χ1) is 9.27. The number of anilines is 1. The zero-order chi connectivity index (χ0) is 15.2. The van der Waals surface area contributed by atoms with Crippen molar-refractivity contribution in [3.05, 3.63) is 35.4 Å². The van der Waals surface area contributed by atoms with E-state index in [0.717, 1.165) is 30.6 Å². The summed E-state index contributed by atoms with van der Waals surface area (Å²) in [7, 11) is -3.67. The van der Waals surface area contributed by atoms with Crippen molar-refractivity contribution in [1.82, 2.24) is 0 Å². The lowest BCUT2D eigenvalue weighted by molar-refractivity contribution is -0.114. The van der Waals surface area contributed by atoms with Crippen molar-refractivity contribution < 1.29 is 17.8 Å². The SMILES string of the molecule is CS(=O)(=O)O.NC(=O)/C1=C/c2ccccc2NCCC1. The molecule has 1 heterocycles. The van der Waals surface area contributed by atoms with Crippen LogP contribution in [-0.4, -0.2) is 31.7 Å². The summed E-state index contributed by atoms with van der Waals surface area (Å²) in [5.41, 5.74) is 8.13. The number of hydrogen-bond donors (Lipinski definition) is 3. The van der Waals surface area contributed by atoms with E-state index in [0.29, 0.717) is 11.8 Å². The fourth-order valence-corrected chi connectivity index (χ4v) is 1.74. The van der Waals surface area contributed by atoms with Gasteiger partial charge in [-0.3, -0.25) is 9.35 Å². The van der Waals surface area contributed by atoms with Crippen molar-refractivity contribution in [2.24, 2.45) is 5.73 Å². The fraction of sp³-hybridized carbons (Fsp3) is 0.308. The molecule has 110 valence electrons. The summed E-state index contributed by atoms with van der Waals surface area (Å²) in [5.74, 6) is -0.313. The van der Waals surface area contributed by atoms with Crippen LogP contribution in [0.2, 0.25) is 0 Å². The van der Waals surface area contributed by atoms with E-state index in [1.807, 2.05) is 30.3 Å². The summed E-state index contributed by atoms with van der Waals surface area (Å²) >= 11 is 0. The van der Waals surface area contributed by atoms with E-state index in [-0.39, 0.29) is 5.91 Å². The van der Waals surface area contributed by atoms with Crippen LogP contribution in [0.1, 0.15) is 18.4 Å². The Bertz CT molecular complexity index is 601. The van der Waals surface area contributed by atoms with Gasteiger partial charge >= 0.3 is 0 Å². The topological polar surface area (TPSA) is 109 Å². The molecular formula is C13H18N2O4S.